The number of ether oxygens (including phenoxy) is 2. The van der Waals surface area contributed by atoms with Crippen LogP contribution >= 0.6 is 11.6 Å². The van der Waals surface area contributed by atoms with Gasteiger partial charge in [-0.15, -0.1) is 11.6 Å². The summed E-state index contributed by atoms with van der Waals surface area (Å²) in [5, 5.41) is -0.507. The highest BCUT2D eigenvalue weighted by molar-refractivity contribution is 6.30. The van der Waals surface area contributed by atoms with Crippen molar-refractivity contribution in [2.75, 3.05) is 20.2 Å². The number of methoxy groups -OCH3 is 1. The van der Waals surface area contributed by atoms with Crippen molar-refractivity contribution in [2.24, 2.45) is 0 Å². The molecule has 7 heteroatoms. The lowest BCUT2D eigenvalue weighted by Crippen LogP contribution is -2.46. The molecule has 0 radical (unpaired) electrons. The summed E-state index contributed by atoms with van der Waals surface area (Å²) in [6.45, 7) is 2.94. The fraction of sp³-hybridized carbons (Fsp3) is 0.615. The fourth-order valence-electron chi connectivity index (χ4n) is 2.15. The summed E-state index contributed by atoms with van der Waals surface area (Å²) in [4.78, 5) is 21.7. The highest BCUT2D eigenvalue weighted by Crippen LogP contribution is 2.19. The van der Waals surface area contributed by atoms with Gasteiger partial charge >= 0.3 is 6.01 Å². The number of carbonyl (C=O) groups excluding carboxylic acids is 1. The molecule has 1 saturated heterocycles. The summed E-state index contributed by atoms with van der Waals surface area (Å²) in [7, 11) is 1.50. The number of aromatic nitrogens is 2. The van der Waals surface area contributed by atoms with Gasteiger partial charge in [0.15, 0.2) is 0 Å². The molecule has 1 aromatic rings. The Kier molecular flexibility index (Phi) is 5.00. The van der Waals surface area contributed by atoms with Crippen molar-refractivity contribution in [1.82, 2.24) is 14.9 Å². The minimum atomic E-state index is -0.507. The quantitative estimate of drug-likeness (QED) is 0.788. The number of rotatable bonds is 4. The Labute approximate surface area is 123 Å². The molecule has 1 aromatic heterocycles. The molecule has 0 N–H and O–H groups in total. The molecular formula is C13H18ClN3O3. The van der Waals surface area contributed by atoms with Gasteiger partial charge < -0.3 is 14.4 Å². The Morgan fingerprint density at radius 3 is 3.10 bits per heavy atom. The van der Waals surface area contributed by atoms with Gasteiger partial charge in [-0.05, 0) is 19.8 Å². The van der Waals surface area contributed by atoms with Gasteiger partial charge in [0, 0.05) is 18.8 Å². The van der Waals surface area contributed by atoms with E-state index in [0.717, 1.165) is 19.4 Å². The Morgan fingerprint density at radius 2 is 2.40 bits per heavy atom. The van der Waals surface area contributed by atoms with Gasteiger partial charge in [-0.2, -0.15) is 4.98 Å². The zero-order chi connectivity index (χ0) is 14.5. The van der Waals surface area contributed by atoms with Gasteiger partial charge in [-0.3, -0.25) is 4.79 Å². The van der Waals surface area contributed by atoms with E-state index in [1.165, 1.54) is 7.11 Å². The lowest BCUT2D eigenvalue weighted by molar-refractivity contribution is -0.133. The minimum Gasteiger partial charge on any atom is -0.472 e. The van der Waals surface area contributed by atoms with Crippen LogP contribution in [0.4, 0.5) is 0 Å². The largest absolute Gasteiger partial charge is 0.472 e. The topological polar surface area (TPSA) is 64.6 Å². The summed E-state index contributed by atoms with van der Waals surface area (Å²) in [5.74, 6) is 0.398. The highest BCUT2D eigenvalue weighted by Gasteiger charge is 2.27. The molecule has 0 bridgehead atoms. The molecule has 1 aliphatic heterocycles. The number of amides is 1. The maximum atomic E-state index is 11.9. The van der Waals surface area contributed by atoms with Crippen molar-refractivity contribution in [3.05, 3.63) is 12.3 Å². The first-order chi connectivity index (χ1) is 9.60. The van der Waals surface area contributed by atoms with E-state index in [4.69, 9.17) is 21.1 Å². The Balaban J connectivity index is 1.97. The molecule has 2 heterocycles. The zero-order valence-corrected chi connectivity index (χ0v) is 12.3. The summed E-state index contributed by atoms with van der Waals surface area (Å²) in [6, 6.07) is 1.94. The molecule has 2 unspecified atom stereocenters. The summed E-state index contributed by atoms with van der Waals surface area (Å²) in [6.07, 6.45) is 3.27. The molecule has 6 nitrogen and oxygen atoms in total. The maximum absolute atomic E-state index is 11.9. The van der Waals surface area contributed by atoms with Crippen LogP contribution in [0.15, 0.2) is 12.3 Å². The van der Waals surface area contributed by atoms with Crippen molar-refractivity contribution in [2.45, 2.75) is 31.2 Å². The Bertz CT molecular complexity index is 470. The van der Waals surface area contributed by atoms with Gasteiger partial charge in [0.2, 0.25) is 11.8 Å². The first kappa shape index (κ1) is 14.8. The van der Waals surface area contributed by atoms with Gasteiger partial charge in [0.05, 0.1) is 13.7 Å². The number of alkyl halides is 1. The van der Waals surface area contributed by atoms with Crippen molar-refractivity contribution in [3.63, 3.8) is 0 Å². The van der Waals surface area contributed by atoms with E-state index in [1.807, 2.05) is 0 Å². The van der Waals surface area contributed by atoms with Gasteiger partial charge in [-0.1, -0.05) is 0 Å². The van der Waals surface area contributed by atoms with E-state index in [0.29, 0.717) is 12.4 Å². The highest BCUT2D eigenvalue weighted by atomic mass is 35.5. The van der Waals surface area contributed by atoms with Crippen LogP contribution in [0.25, 0.3) is 0 Å². The number of piperidine rings is 1. The second-order valence-electron chi connectivity index (χ2n) is 4.66. The van der Waals surface area contributed by atoms with E-state index in [-0.39, 0.29) is 18.0 Å². The number of halogens is 1. The van der Waals surface area contributed by atoms with Crippen LogP contribution in [-0.4, -0.2) is 52.5 Å². The third-order valence-corrected chi connectivity index (χ3v) is 3.29. The SMILES string of the molecule is COc1nccc(OC2CCCN(C(=O)C(C)Cl)C2)n1. The van der Waals surface area contributed by atoms with Gasteiger partial charge in [0.25, 0.3) is 0 Å². The van der Waals surface area contributed by atoms with E-state index in [1.54, 1.807) is 24.1 Å². The van der Waals surface area contributed by atoms with Crippen LogP contribution in [-0.2, 0) is 4.79 Å². The Hall–Kier alpha value is -1.56. The average molecular weight is 300 g/mol. The second-order valence-corrected chi connectivity index (χ2v) is 5.32. The first-order valence-electron chi connectivity index (χ1n) is 6.56. The number of likely N-dealkylation sites (tertiary alicyclic amines) is 1. The summed E-state index contributed by atoms with van der Waals surface area (Å²) >= 11 is 5.84. The molecule has 0 aliphatic carbocycles. The number of hydrogen-bond acceptors (Lipinski definition) is 5. The summed E-state index contributed by atoms with van der Waals surface area (Å²) in [5.41, 5.74) is 0. The van der Waals surface area contributed by atoms with E-state index in [9.17, 15) is 4.79 Å². The maximum Gasteiger partial charge on any atom is 0.319 e. The minimum absolute atomic E-state index is 0.0553. The van der Waals surface area contributed by atoms with Crippen LogP contribution < -0.4 is 9.47 Å². The lowest BCUT2D eigenvalue weighted by Gasteiger charge is -2.33. The number of hydrogen-bond donors (Lipinski definition) is 0. The van der Waals surface area contributed by atoms with Crippen LogP contribution in [0.5, 0.6) is 11.9 Å². The first-order valence-corrected chi connectivity index (χ1v) is 7.00. The van der Waals surface area contributed by atoms with Gasteiger partial charge in [0.1, 0.15) is 11.5 Å². The van der Waals surface area contributed by atoms with E-state index < -0.39 is 5.38 Å². The molecule has 1 amide bonds. The van der Waals surface area contributed by atoms with Crippen LogP contribution in [0.1, 0.15) is 19.8 Å². The molecule has 0 saturated carbocycles. The smallest absolute Gasteiger partial charge is 0.319 e. The van der Waals surface area contributed by atoms with Crippen LogP contribution in [0, 0.1) is 0 Å². The molecule has 0 aromatic carbocycles. The third-order valence-electron chi connectivity index (χ3n) is 3.11. The van der Waals surface area contributed by atoms with E-state index >= 15 is 0 Å². The van der Waals surface area contributed by atoms with Crippen molar-refractivity contribution in [1.29, 1.82) is 0 Å². The molecule has 2 atom stereocenters. The Morgan fingerprint density at radius 1 is 1.60 bits per heavy atom. The molecule has 1 fully saturated rings. The summed E-state index contributed by atoms with van der Waals surface area (Å²) < 4.78 is 10.7. The van der Waals surface area contributed by atoms with Gasteiger partial charge in [-0.25, -0.2) is 4.98 Å². The fourth-order valence-corrected chi connectivity index (χ4v) is 2.28. The van der Waals surface area contributed by atoms with Crippen molar-refractivity contribution < 1.29 is 14.3 Å². The van der Waals surface area contributed by atoms with Crippen molar-refractivity contribution >= 4 is 17.5 Å². The molecule has 20 heavy (non-hydrogen) atoms. The second kappa shape index (κ2) is 6.74. The predicted octanol–water partition coefficient (Wildman–Crippen LogP) is 1.48. The standard InChI is InChI=1S/C13H18ClN3O3/c1-9(14)12(18)17-7-3-4-10(8-17)20-11-5-6-15-13(16-11)19-2/h5-6,9-10H,3-4,7-8H2,1-2H3. The number of nitrogens with zero attached hydrogens (tertiary/aromatic N) is 3. The monoisotopic (exact) mass is 299 g/mol. The number of carbonyl (C=O) groups is 1. The van der Waals surface area contributed by atoms with Crippen LogP contribution in [0.2, 0.25) is 0 Å². The zero-order valence-electron chi connectivity index (χ0n) is 11.6. The van der Waals surface area contributed by atoms with Crippen molar-refractivity contribution in [3.8, 4) is 11.9 Å². The van der Waals surface area contributed by atoms with E-state index in [2.05, 4.69) is 9.97 Å². The molecule has 110 valence electrons. The molecular weight excluding hydrogens is 282 g/mol. The van der Waals surface area contributed by atoms with Crippen LogP contribution in [0.3, 0.4) is 0 Å². The molecule has 0 spiro atoms. The molecule has 1 aliphatic rings. The molecule has 2 rings (SSSR count). The lowest BCUT2D eigenvalue weighted by atomic mass is 10.1. The normalized spacial score (nSPS) is 20.4. The third kappa shape index (κ3) is 3.72. The predicted molar refractivity (Wildman–Crippen MR) is 74.1 cm³/mol. The average Bonchev–Trinajstić information content (AvgIpc) is 2.47.